The monoisotopic (exact) mass is 236 g/mol. The Bertz CT molecular complexity index is 515. The maximum atomic E-state index is 10.6. The fourth-order valence-corrected chi connectivity index (χ4v) is 3.92. The fraction of sp³-hybridized carbons (Fsp3) is 0.294. The Morgan fingerprint density at radius 1 is 0.722 bits per heavy atom. The third-order valence-corrected chi connectivity index (χ3v) is 4.74. The summed E-state index contributed by atoms with van der Waals surface area (Å²) in [6.45, 7) is 2.17. The first-order valence-corrected chi connectivity index (χ1v) is 6.64. The van der Waals surface area contributed by atoms with Crippen LogP contribution in [0.1, 0.15) is 41.0 Å². The van der Waals surface area contributed by atoms with Crippen LogP contribution in [0.5, 0.6) is 0 Å². The molecule has 0 saturated heterocycles. The van der Waals surface area contributed by atoms with Crippen LogP contribution in [0.25, 0.3) is 0 Å². The van der Waals surface area contributed by atoms with Crippen molar-refractivity contribution in [1.82, 2.24) is 0 Å². The summed E-state index contributed by atoms with van der Waals surface area (Å²) >= 11 is 0. The molecule has 2 bridgehead atoms. The lowest BCUT2D eigenvalue weighted by Gasteiger charge is -2.47. The van der Waals surface area contributed by atoms with Crippen LogP contribution in [0, 0.1) is 5.92 Å². The molecule has 1 nitrogen and oxygen atoms in total. The van der Waals surface area contributed by atoms with Gasteiger partial charge < -0.3 is 5.11 Å². The van der Waals surface area contributed by atoms with E-state index in [1.54, 1.807) is 0 Å². The van der Waals surface area contributed by atoms with Crippen molar-refractivity contribution in [2.45, 2.75) is 24.9 Å². The Morgan fingerprint density at radius 3 is 1.56 bits per heavy atom. The van der Waals surface area contributed by atoms with Crippen LogP contribution < -0.4 is 0 Å². The average Bonchev–Trinajstić information content (AvgIpc) is 2.42. The standard InChI is InChI=1S/C17H16O/c1-10-15-11-6-2-4-8-13(11)16(17(10)18)14-9-5-3-7-12(14)15/h2-10,15-18H,1H3/t10-,15?,16?,17+/m1/s1. The van der Waals surface area contributed by atoms with E-state index < -0.39 is 0 Å². The first-order chi connectivity index (χ1) is 8.79. The van der Waals surface area contributed by atoms with Gasteiger partial charge in [-0.3, -0.25) is 0 Å². The topological polar surface area (TPSA) is 20.2 Å². The van der Waals surface area contributed by atoms with Crippen LogP contribution >= 0.6 is 0 Å². The number of hydrogen-bond acceptors (Lipinski definition) is 1. The molecule has 0 saturated carbocycles. The molecule has 0 amide bonds. The zero-order valence-corrected chi connectivity index (χ0v) is 10.4. The van der Waals surface area contributed by atoms with Gasteiger partial charge in [0.15, 0.2) is 0 Å². The van der Waals surface area contributed by atoms with Crippen molar-refractivity contribution in [3.63, 3.8) is 0 Å². The molecule has 18 heavy (non-hydrogen) atoms. The molecule has 0 radical (unpaired) electrons. The van der Waals surface area contributed by atoms with E-state index in [-0.39, 0.29) is 12.0 Å². The van der Waals surface area contributed by atoms with Gasteiger partial charge in [0.25, 0.3) is 0 Å². The molecule has 3 aliphatic rings. The second-order valence-corrected chi connectivity index (χ2v) is 5.56. The zero-order valence-electron chi connectivity index (χ0n) is 10.4. The highest BCUT2D eigenvalue weighted by Gasteiger charge is 2.46. The molecule has 0 spiro atoms. The van der Waals surface area contributed by atoms with E-state index in [9.17, 15) is 5.11 Å². The first kappa shape index (κ1) is 10.3. The third kappa shape index (κ3) is 1.10. The molecule has 2 aromatic rings. The predicted octanol–water partition coefficient (Wildman–Crippen LogP) is 3.27. The smallest absolute Gasteiger partial charge is 0.0684 e. The lowest BCUT2D eigenvalue weighted by molar-refractivity contribution is 0.0722. The highest BCUT2D eigenvalue weighted by molar-refractivity contribution is 5.56. The average molecular weight is 236 g/mol. The second kappa shape index (κ2) is 3.46. The number of hydrogen-bond donors (Lipinski definition) is 1. The first-order valence-electron chi connectivity index (χ1n) is 6.64. The summed E-state index contributed by atoms with van der Waals surface area (Å²) in [5.41, 5.74) is 5.48. The van der Waals surface area contributed by atoms with E-state index in [1.807, 2.05) is 0 Å². The molecule has 2 aromatic carbocycles. The fourth-order valence-electron chi connectivity index (χ4n) is 3.92. The summed E-state index contributed by atoms with van der Waals surface area (Å²) in [7, 11) is 0. The Balaban J connectivity index is 2.06. The van der Waals surface area contributed by atoms with Crippen molar-refractivity contribution in [2.75, 3.05) is 0 Å². The molecule has 1 N–H and O–H groups in total. The van der Waals surface area contributed by atoms with E-state index in [2.05, 4.69) is 55.5 Å². The maximum Gasteiger partial charge on any atom is 0.0684 e. The molecule has 90 valence electrons. The van der Waals surface area contributed by atoms with E-state index in [1.165, 1.54) is 22.3 Å². The number of rotatable bonds is 0. The maximum absolute atomic E-state index is 10.6. The van der Waals surface area contributed by atoms with Crippen LogP contribution in [0.4, 0.5) is 0 Å². The summed E-state index contributed by atoms with van der Waals surface area (Å²) in [6, 6.07) is 17.2. The van der Waals surface area contributed by atoms with Gasteiger partial charge in [-0.15, -0.1) is 0 Å². The predicted molar refractivity (Wildman–Crippen MR) is 71.7 cm³/mol. The van der Waals surface area contributed by atoms with Gasteiger partial charge in [0.2, 0.25) is 0 Å². The molecule has 0 heterocycles. The van der Waals surface area contributed by atoms with Crippen LogP contribution in [0.2, 0.25) is 0 Å². The van der Waals surface area contributed by atoms with Crippen LogP contribution in [0.3, 0.4) is 0 Å². The summed E-state index contributed by atoms with van der Waals surface area (Å²) < 4.78 is 0. The molecule has 0 aromatic heterocycles. The largest absolute Gasteiger partial charge is 0.392 e. The SMILES string of the molecule is C[C@@H]1C2c3ccccc3C(c3ccccc32)[C@H]1O. The van der Waals surface area contributed by atoms with Gasteiger partial charge in [0, 0.05) is 11.8 Å². The number of fused-ring (bicyclic) bond motifs is 1. The quantitative estimate of drug-likeness (QED) is 0.744. The Morgan fingerprint density at radius 2 is 1.11 bits per heavy atom. The van der Waals surface area contributed by atoms with E-state index in [0.29, 0.717) is 11.8 Å². The number of aliphatic hydroxyl groups excluding tert-OH is 1. The summed E-state index contributed by atoms with van der Waals surface area (Å²) in [4.78, 5) is 0. The normalized spacial score (nSPS) is 31.9. The van der Waals surface area contributed by atoms with E-state index in [4.69, 9.17) is 0 Å². The molecule has 2 atom stereocenters. The molecule has 0 aliphatic heterocycles. The molecule has 5 rings (SSSR count). The molecular weight excluding hydrogens is 220 g/mol. The highest BCUT2D eigenvalue weighted by Crippen LogP contribution is 2.54. The van der Waals surface area contributed by atoms with Crippen molar-refractivity contribution in [3.8, 4) is 0 Å². The molecule has 0 fully saturated rings. The Kier molecular flexibility index (Phi) is 1.98. The van der Waals surface area contributed by atoms with Gasteiger partial charge in [-0.05, 0) is 28.2 Å². The summed E-state index contributed by atoms with van der Waals surface area (Å²) in [5.74, 6) is 0.828. The summed E-state index contributed by atoms with van der Waals surface area (Å²) in [6.07, 6.45) is -0.250. The minimum absolute atomic E-state index is 0.164. The molecule has 1 heteroatoms. The lowest BCUT2D eigenvalue weighted by Crippen LogP contribution is -2.42. The third-order valence-electron chi connectivity index (χ3n) is 4.74. The van der Waals surface area contributed by atoms with Gasteiger partial charge in [-0.25, -0.2) is 0 Å². The minimum atomic E-state index is -0.250. The summed E-state index contributed by atoms with van der Waals surface area (Å²) in [5, 5.41) is 10.6. The van der Waals surface area contributed by atoms with Crippen molar-refractivity contribution >= 4 is 0 Å². The second-order valence-electron chi connectivity index (χ2n) is 5.56. The van der Waals surface area contributed by atoms with Crippen LogP contribution in [0.15, 0.2) is 48.5 Å². The van der Waals surface area contributed by atoms with Gasteiger partial charge in [0.05, 0.1) is 6.10 Å². The van der Waals surface area contributed by atoms with E-state index in [0.717, 1.165) is 0 Å². The van der Waals surface area contributed by atoms with Gasteiger partial charge in [-0.1, -0.05) is 55.5 Å². The Hall–Kier alpha value is -1.60. The van der Waals surface area contributed by atoms with Gasteiger partial charge >= 0.3 is 0 Å². The van der Waals surface area contributed by atoms with Gasteiger partial charge in [-0.2, -0.15) is 0 Å². The van der Waals surface area contributed by atoms with E-state index >= 15 is 0 Å². The van der Waals surface area contributed by atoms with Gasteiger partial charge in [0.1, 0.15) is 0 Å². The van der Waals surface area contributed by atoms with Crippen LogP contribution in [-0.2, 0) is 0 Å². The zero-order chi connectivity index (χ0) is 12.3. The lowest BCUT2D eigenvalue weighted by atomic mass is 9.58. The number of benzene rings is 2. The van der Waals surface area contributed by atoms with Crippen molar-refractivity contribution in [3.05, 3.63) is 70.8 Å². The highest BCUT2D eigenvalue weighted by atomic mass is 16.3. The van der Waals surface area contributed by atoms with Crippen LogP contribution in [-0.4, -0.2) is 11.2 Å². The minimum Gasteiger partial charge on any atom is -0.392 e. The van der Waals surface area contributed by atoms with Crippen molar-refractivity contribution in [1.29, 1.82) is 0 Å². The van der Waals surface area contributed by atoms with Crippen molar-refractivity contribution in [2.24, 2.45) is 5.92 Å². The van der Waals surface area contributed by atoms with Crippen molar-refractivity contribution < 1.29 is 5.11 Å². The molecule has 0 unspecified atom stereocenters. The molecular formula is C17H16O. The Labute approximate surface area is 107 Å². The number of aliphatic hydroxyl groups is 1. The molecule has 3 aliphatic carbocycles.